The second-order valence-electron chi connectivity index (χ2n) is 4.62. The molecule has 0 saturated heterocycles. The van der Waals surface area contributed by atoms with Gasteiger partial charge in [0.05, 0.1) is 12.7 Å². The Labute approximate surface area is 127 Å². The Balaban J connectivity index is 2.19. The number of rotatable bonds is 4. The van der Waals surface area contributed by atoms with Gasteiger partial charge >= 0.3 is 5.97 Å². The summed E-state index contributed by atoms with van der Waals surface area (Å²) >= 11 is 5.89. The van der Waals surface area contributed by atoms with Gasteiger partial charge in [0.1, 0.15) is 5.82 Å². The Morgan fingerprint density at radius 3 is 2.71 bits per heavy atom. The zero-order valence-corrected chi connectivity index (χ0v) is 12.5. The molecule has 0 aliphatic rings. The fourth-order valence-corrected chi connectivity index (χ4v) is 2.07. The fraction of sp³-hybridized carbons (Fsp3) is 0.188. The molecule has 0 unspecified atom stereocenters. The van der Waals surface area contributed by atoms with Crippen LogP contribution in [0.5, 0.6) is 0 Å². The third-order valence-corrected chi connectivity index (χ3v) is 3.34. The topological polar surface area (TPSA) is 38.3 Å². The van der Waals surface area contributed by atoms with Crippen LogP contribution >= 0.6 is 11.6 Å². The number of methoxy groups -OCH3 is 1. The third kappa shape index (κ3) is 3.73. The summed E-state index contributed by atoms with van der Waals surface area (Å²) in [6.45, 7) is 2.10. The number of nitrogens with one attached hydrogen (secondary N) is 1. The Morgan fingerprint density at radius 1 is 1.29 bits per heavy atom. The molecule has 0 fully saturated rings. The lowest BCUT2D eigenvalue weighted by Gasteiger charge is -2.11. The average molecular weight is 308 g/mol. The van der Waals surface area contributed by atoms with Gasteiger partial charge in [-0.2, -0.15) is 0 Å². The number of anilines is 1. The minimum atomic E-state index is -0.477. The summed E-state index contributed by atoms with van der Waals surface area (Å²) in [4.78, 5) is 11.7. The van der Waals surface area contributed by atoms with Crippen molar-refractivity contribution in [3.63, 3.8) is 0 Å². The summed E-state index contributed by atoms with van der Waals surface area (Å²) < 4.78 is 18.2. The molecule has 0 amide bonds. The number of halogens is 2. The van der Waals surface area contributed by atoms with E-state index in [4.69, 9.17) is 16.3 Å². The number of ether oxygens (including phenoxy) is 1. The third-order valence-electron chi connectivity index (χ3n) is 3.11. The largest absolute Gasteiger partial charge is 0.465 e. The molecule has 2 aromatic rings. The van der Waals surface area contributed by atoms with Gasteiger partial charge in [-0.05, 0) is 42.3 Å². The molecule has 0 aliphatic heterocycles. The number of aryl methyl sites for hydroxylation is 1. The number of esters is 1. The van der Waals surface area contributed by atoms with Crippen molar-refractivity contribution >= 4 is 23.3 Å². The molecule has 0 aromatic heterocycles. The van der Waals surface area contributed by atoms with Gasteiger partial charge in [-0.1, -0.05) is 23.7 Å². The van der Waals surface area contributed by atoms with Gasteiger partial charge in [0, 0.05) is 17.3 Å². The number of benzene rings is 2. The Bertz CT molecular complexity index is 673. The Morgan fingerprint density at radius 2 is 2.05 bits per heavy atom. The first-order chi connectivity index (χ1) is 10.0. The van der Waals surface area contributed by atoms with Gasteiger partial charge < -0.3 is 10.1 Å². The van der Waals surface area contributed by atoms with Gasteiger partial charge in [0.2, 0.25) is 0 Å². The Kier molecular flexibility index (Phi) is 4.81. The fourth-order valence-electron chi connectivity index (χ4n) is 1.89. The van der Waals surface area contributed by atoms with Crippen molar-refractivity contribution in [3.05, 3.63) is 63.9 Å². The molecule has 0 atom stereocenters. The molecule has 110 valence electrons. The normalized spacial score (nSPS) is 10.3. The van der Waals surface area contributed by atoms with Crippen LogP contribution in [-0.2, 0) is 11.3 Å². The van der Waals surface area contributed by atoms with Crippen LogP contribution in [0, 0.1) is 12.7 Å². The maximum atomic E-state index is 13.5. The molecule has 1 N–H and O–H groups in total. The average Bonchev–Trinajstić information content (AvgIpc) is 2.48. The zero-order valence-electron chi connectivity index (χ0n) is 11.7. The molecule has 2 rings (SSSR count). The highest BCUT2D eigenvalue weighted by Crippen LogP contribution is 2.22. The first-order valence-electron chi connectivity index (χ1n) is 6.38. The first-order valence-corrected chi connectivity index (χ1v) is 6.76. The number of hydrogen-bond acceptors (Lipinski definition) is 3. The van der Waals surface area contributed by atoms with E-state index in [0.717, 1.165) is 5.56 Å². The van der Waals surface area contributed by atoms with E-state index in [1.54, 1.807) is 25.1 Å². The van der Waals surface area contributed by atoms with Crippen molar-refractivity contribution in [2.45, 2.75) is 13.5 Å². The van der Waals surface area contributed by atoms with Crippen molar-refractivity contribution in [2.24, 2.45) is 0 Å². The van der Waals surface area contributed by atoms with Gasteiger partial charge in [0.15, 0.2) is 0 Å². The van der Waals surface area contributed by atoms with E-state index in [9.17, 15) is 9.18 Å². The maximum Gasteiger partial charge on any atom is 0.340 e. The van der Waals surface area contributed by atoms with Crippen molar-refractivity contribution in [2.75, 3.05) is 12.4 Å². The molecule has 0 heterocycles. The first kappa shape index (κ1) is 15.3. The number of carbonyl (C=O) groups is 1. The second-order valence-corrected chi connectivity index (χ2v) is 5.06. The predicted molar refractivity (Wildman–Crippen MR) is 81.3 cm³/mol. The molecule has 0 saturated carbocycles. The van der Waals surface area contributed by atoms with E-state index in [2.05, 4.69) is 5.32 Å². The summed E-state index contributed by atoms with van der Waals surface area (Å²) in [6, 6.07) is 9.92. The van der Waals surface area contributed by atoms with Crippen molar-refractivity contribution in [1.29, 1.82) is 0 Å². The molecule has 21 heavy (non-hydrogen) atoms. The minimum Gasteiger partial charge on any atom is -0.465 e. The molecule has 0 aliphatic carbocycles. The summed E-state index contributed by atoms with van der Waals surface area (Å²) in [7, 11) is 1.31. The van der Waals surface area contributed by atoms with Crippen LogP contribution in [0.25, 0.3) is 0 Å². The van der Waals surface area contributed by atoms with Gasteiger partial charge in [-0.15, -0.1) is 0 Å². The predicted octanol–water partition coefficient (Wildman–Crippen LogP) is 4.19. The number of carbonyl (C=O) groups excluding carboxylic acids is 1. The molecule has 0 bridgehead atoms. The van der Waals surface area contributed by atoms with Crippen LogP contribution in [0.4, 0.5) is 10.1 Å². The molecular weight excluding hydrogens is 293 g/mol. The van der Waals surface area contributed by atoms with Crippen LogP contribution in [-0.4, -0.2) is 13.1 Å². The van der Waals surface area contributed by atoms with Crippen LogP contribution in [0.15, 0.2) is 36.4 Å². The van der Waals surface area contributed by atoms with E-state index in [1.807, 2.05) is 6.07 Å². The lowest BCUT2D eigenvalue weighted by Crippen LogP contribution is -2.08. The van der Waals surface area contributed by atoms with Crippen molar-refractivity contribution in [1.82, 2.24) is 0 Å². The van der Waals surface area contributed by atoms with Gasteiger partial charge in [-0.3, -0.25) is 0 Å². The monoisotopic (exact) mass is 307 g/mol. The molecule has 5 heteroatoms. The zero-order chi connectivity index (χ0) is 15.4. The summed E-state index contributed by atoms with van der Waals surface area (Å²) in [5.41, 5.74) is 2.31. The SMILES string of the molecule is COC(=O)c1cc(Cl)ccc1NCc1ccc(C)c(F)c1. The number of hydrogen-bond donors (Lipinski definition) is 1. The highest BCUT2D eigenvalue weighted by molar-refractivity contribution is 6.31. The van der Waals surface area contributed by atoms with E-state index >= 15 is 0 Å². The second kappa shape index (κ2) is 6.59. The smallest absolute Gasteiger partial charge is 0.340 e. The molecule has 0 radical (unpaired) electrons. The van der Waals surface area contributed by atoms with E-state index < -0.39 is 5.97 Å². The maximum absolute atomic E-state index is 13.5. The van der Waals surface area contributed by atoms with Crippen LogP contribution in [0.1, 0.15) is 21.5 Å². The van der Waals surface area contributed by atoms with Crippen LogP contribution in [0.3, 0.4) is 0 Å². The lowest BCUT2D eigenvalue weighted by atomic mass is 10.1. The van der Waals surface area contributed by atoms with Gasteiger partial charge in [-0.25, -0.2) is 9.18 Å². The van der Waals surface area contributed by atoms with E-state index in [0.29, 0.717) is 28.4 Å². The quantitative estimate of drug-likeness (QED) is 0.861. The van der Waals surface area contributed by atoms with E-state index in [1.165, 1.54) is 19.2 Å². The highest BCUT2D eigenvalue weighted by atomic mass is 35.5. The summed E-state index contributed by atoms with van der Waals surface area (Å²) in [5, 5.41) is 3.54. The Hall–Kier alpha value is -2.07. The standard InChI is InChI=1S/C16H15ClFNO2/c1-10-3-4-11(7-14(10)18)9-19-15-6-5-12(17)8-13(15)16(20)21-2/h3-8,19H,9H2,1-2H3. The van der Waals surface area contributed by atoms with Crippen molar-refractivity contribution in [3.8, 4) is 0 Å². The molecule has 2 aromatic carbocycles. The minimum absolute atomic E-state index is 0.251. The molecule has 0 spiro atoms. The van der Waals surface area contributed by atoms with Gasteiger partial charge in [0.25, 0.3) is 0 Å². The molecule has 3 nitrogen and oxygen atoms in total. The van der Waals surface area contributed by atoms with Crippen molar-refractivity contribution < 1.29 is 13.9 Å². The highest BCUT2D eigenvalue weighted by Gasteiger charge is 2.12. The summed E-state index contributed by atoms with van der Waals surface area (Å²) in [6.07, 6.45) is 0. The summed E-state index contributed by atoms with van der Waals surface area (Å²) in [5.74, 6) is -0.728. The van der Waals surface area contributed by atoms with Crippen LogP contribution < -0.4 is 5.32 Å². The van der Waals surface area contributed by atoms with Crippen LogP contribution in [0.2, 0.25) is 5.02 Å². The van der Waals surface area contributed by atoms with E-state index in [-0.39, 0.29) is 5.82 Å². The lowest BCUT2D eigenvalue weighted by molar-refractivity contribution is 0.0602. The molecular formula is C16H15ClFNO2.